The number of thiophene rings is 1. The summed E-state index contributed by atoms with van der Waals surface area (Å²) in [7, 11) is 0. The maximum Gasteiger partial charge on any atom is 0.143 e. The summed E-state index contributed by atoms with van der Waals surface area (Å²) in [5.74, 6) is 0. The summed E-state index contributed by atoms with van der Waals surface area (Å²) in [6, 6.07) is 102. The van der Waals surface area contributed by atoms with Crippen LogP contribution in [0.1, 0.15) is 0 Å². The van der Waals surface area contributed by atoms with Crippen LogP contribution in [0, 0.1) is 0 Å². The number of benzene rings is 16. The maximum atomic E-state index is 6.98. The fraction of sp³-hybridized carbons (Fsp3) is 0. The normalized spacial score (nSPS) is 12.3. The number of hydrogen-bond donors (Lipinski definition) is 0. The van der Waals surface area contributed by atoms with Gasteiger partial charge < -0.3 is 13.3 Å². The molecule has 0 amide bonds. The molecule has 0 aliphatic rings. The third kappa shape index (κ3) is 6.89. The third-order valence-corrected chi connectivity index (χ3v) is 20.2. The second-order valence-electron chi connectivity index (χ2n) is 23.7. The van der Waals surface area contributed by atoms with Crippen LogP contribution < -0.4 is 0 Å². The topological polar surface area (TPSA) is 39.4 Å². The molecule has 0 spiro atoms. The summed E-state index contributed by atoms with van der Waals surface area (Å²) in [6.45, 7) is 0. The van der Waals surface area contributed by atoms with E-state index in [1.165, 1.54) is 96.5 Å². The molecule has 0 aliphatic heterocycles. The minimum atomic E-state index is 0.857. The van der Waals surface area contributed by atoms with E-state index in [4.69, 9.17) is 13.3 Å². The Kier molecular flexibility index (Phi) is 9.88. The Balaban J connectivity index is 0.657. The molecule has 0 saturated carbocycles. The van der Waals surface area contributed by atoms with Crippen molar-refractivity contribution in [1.82, 2.24) is 0 Å². The van der Waals surface area contributed by atoms with Gasteiger partial charge in [-0.1, -0.05) is 188 Å². The summed E-state index contributed by atoms with van der Waals surface area (Å²) in [5.41, 5.74) is 17.0. The van der Waals surface area contributed by atoms with Gasteiger partial charge in [0.15, 0.2) is 0 Å². The van der Waals surface area contributed by atoms with Gasteiger partial charge in [0.1, 0.15) is 33.5 Å². The van der Waals surface area contributed by atoms with Gasteiger partial charge in [0.05, 0.1) is 0 Å². The first kappa shape index (κ1) is 48.0. The largest absolute Gasteiger partial charge is 0.456 e. The van der Waals surface area contributed by atoms with E-state index < -0.39 is 0 Å². The molecule has 20 aromatic rings. The van der Waals surface area contributed by atoms with Gasteiger partial charge in [0.2, 0.25) is 0 Å². The van der Waals surface area contributed by atoms with Crippen LogP contribution >= 0.6 is 11.3 Å². The van der Waals surface area contributed by atoms with Gasteiger partial charge in [-0.25, -0.2) is 0 Å². The molecular weight excluding hydrogens is 1090 g/mol. The Bertz CT molecular complexity index is 6330. The predicted molar refractivity (Wildman–Crippen MR) is 373 cm³/mol. The Morgan fingerprint density at radius 2 is 0.534 bits per heavy atom. The fourth-order valence-corrected chi connectivity index (χ4v) is 16.1. The first-order valence-electron chi connectivity index (χ1n) is 30.1. The lowest BCUT2D eigenvalue weighted by Crippen LogP contribution is -1.90. The zero-order valence-corrected chi connectivity index (χ0v) is 48.0. The van der Waals surface area contributed by atoms with Gasteiger partial charge >= 0.3 is 0 Å². The molecule has 88 heavy (non-hydrogen) atoms. The zero-order valence-electron chi connectivity index (χ0n) is 47.2. The van der Waals surface area contributed by atoms with Crippen LogP contribution in [0.25, 0.3) is 206 Å². The highest BCUT2D eigenvalue weighted by Gasteiger charge is 2.23. The standard InChI is InChI=1S/C84H46O3S/c1-2-14-55-47(13-1)25-37-69-57-35-29-53(45-75(57)86-83(55)69)81-65-20-7-3-16-61(65)79(62-17-4-8-21-66(62)81)51-31-39-73-71(42-51)59-34-27-49(44-74(59)85-73)48-26-33-56-50(41-48)28-38-70-58-36-30-54(46-76(58)87-84(56)70)82-67-22-9-5-18-63(67)80(64-19-6-10-23-68(64)82)52-32-40-78-72(43-52)60-15-11-12-24-77(60)88-78/h1-46H. The quantitative estimate of drug-likeness (QED) is 0.161. The summed E-state index contributed by atoms with van der Waals surface area (Å²) in [5, 5.41) is 23.5. The van der Waals surface area contributed by atoms with Crippen LogP contribution in [0.5, 0.6) is 0 Å². The third-order valence-electron chi connectivity index (χ3n) is 19.0. The number of fused-ring (bicyclic) bond motifs is 20. The van der Waals surface area contributed by atoms with Gasteiger partial charge in [0, 0.05) is 63.3 Å². The molecule has 406 valence electrons. The highest BCUT2D eigenvalue weighted by atomic mass is 32.1. The van der Waals surface area contributed by atoms with Crippen molar-refractivity contribution in [3.05, 3.63) is 279 Å². The second-order valence-corrected chi connectivity index (χ2v) is 24.8. The molecule has 0 unspecified atom stereocenters. The van der Waals surface area contributed by atoms with Crippen LogP contribution in [-0.2, 0) is 0 Å². The van der Waals surface area contributed by atoms with Crippen molar-refractivity contribution in [2.45, 2.75) is 0 Å². The molecule has 0 atom stereocenters. The second kappa shape index (κ2) is 18.1. The van der Waals surface area contributed by atoms with Gasteiger partial charge in [-0.15, -0.1) is 11.3 Å². The van der Waals surface area contributed by atoms with Crippen molar-refractivity contribution in [2.75, 3.05) is 0 Å². The summed E-state index contributed by atoms with van der Waals surface area (Å²) < 4.78 is 23.1. The minimum absolute atomic E-state index is 0.857. The highest BCUT2D eigenvalue weighted by Crippen LogP contribution is 2.49. The summed E-state index contributed by atoms with van der Waals surface area (Å²) >= 11 is 1.86. The van der Waals surface area contributed by atoms with E-state index in [9.17, 15) is 0 Å². The van der Waals surface area contributed by atoms with Crippen molar-refractivity contribution >= 4 is 162 Å². The van der Waals surface area contributed by atoms with Crippen LogP contribution in [0.4, 0.5) is 0 Å². The molecule has 20 rings (SSSR count). The number of furan rings is 3. The Morgan fingerprint density at radius 1 is 0.182 bits per heavy atom. The fourth-order valence-electron chi connectivity index (χ4n) is 15.1. The molecular formula is C84H46O3S. The van der Waals surface area contributed by atoms with E-state index in [0.29, 0.717) is 0 Å². The Hall–Kier alpha value is -11.3. The summed E-state index contributed by atoms with van der Waals surface area (Å²) in [6.07, 6.45) is 0. The highest BCUT2D eigenvalue weighted by molar-refractivity contribution is 7.25. The van der Waals surface area contributed by atoms with E-state index in [2.05, 4.69) is 279 Å². The molecule has 0 bridgehead atoms. The first-order chi connectivity index (χ1) is 43.6. The van der Waals surface area contributed by atoms with E-state index >= 15 is 0 Å². The Labute approximate surface area is 506 Å². The monoisotopic (exact) mass is 1130 g/mol. The van der Waals surface area contributed by atoms with Gasteiger partial charge in [-0.2, -0.15) is 0 Å². The van der Waals surface area contributed by atoms with Crippen LogP contribution in [0.3, 0.4) is 0 Å². The molecule has 4 aromatic heterocycles. The maximum absolute atomic E-state index is 6.98. The first-order valence-corrected chi connectivity index (χ1v) is 30.9. The molecule has 0 radical (unpaired) electrons. The molecule has 0 aliphatic carbocycles. The van der Waals surface area contributed by atoms with Gasteiger partial charge in [-0.3, -0.25) is 0 Å². The van der Waals surface area contributed by atoms with Crippen molar-refractivity contribution in [1.29, 1.82) is 0 Å². The van der Waals surface area contributed by atoms with E-state index in [1.807, 2.05) is 11.3 Å². The Morgan fingerprint density at radius 3 is 1.09 bits per heavy atom. The predicted octanol–water partition coefficient (Wildman–Crippen LogP) is 25.0. The zero-order chi connectivity index (χ0) is 57.3. The molecule has 0 saturated heterocycles. The van der Waals surface area contributed by atoms with Crippen LogP contribution in [-0.4, -0.2) is 0 Å². The van der Waals surface area contributed by atoms with Crippen molar-refractivity contribution in [2.24, 2.45) is 0 Å². The lowest BCUT2D eigenvalue weighted by molar-refractivity contribution is 0.669. The van der Waals surface area contributed by atoms with Crippen molar-refractivity contribution in [3.63, 3.8) is 0 Å². The van der Waals surface area contributed by atoms with Crippen LogP contribution in [0.15, 0.2) is 292 Å². The smallest absolute Gasteiger partial charge is 0.143 e. The minimum Gasteiger partial charge on any atom is -0.456 e. The average Bonchev–Trinajstić information content (AvgIpc) is 1.27. The van der Waals surface area contributed by atoms with Crippen molar-refractivity contribution < 1.29 is 13.3 Å². The lowest BCUT2D eigenvalue weighted by Gasteiger charge is -2.18. The molecule has 0 fully saturated rings. The van der Waals surface area contributed by atoms with Crippen molar-refractivity contribution in [3.8, 4) is 55.6 Å². The summed E-state index contributed by atoms with van der Waals surface area (Å²) in [4.78, 5) is 0. The van der Waals surface area contributed by atoms with E-state index in [1.54, 1.807) is 0 Å². The number of hydrogen-bond acceptors (Lipinski definition) is 4. The van der Waals surface area contributed by atoms with Crippen LogP contribution in [0.2, 0.25) is 0 Å². The average molecular weight is 1140 g/mol. The van der Waals surface area contributed by atoms with E-state index in [0.717, 1.165) is 110 Å². The van der Waals surface area contributed by atoms with E-state index in [-0.39, 0.29) is 0 Å². The lowest BCUT2D eigenvalue weighted by atomic mass is 9.85. The molecule has 16 aromatic carbocycles. The molecule has 3 nitrogen and oxygen atoms in total. The van der Waals surface area contributed by atoms with Gasteiger partial charge in [0.25, 0.3) is 0 Å². The SMILES string of the molecule is c1ccc2c(c1)ccc1c3ccc(-c4c5ccccc5c(-c5ccc6oc7cc(-c8ccc9c(ccc%10c%11ccc(-c%12c%13ccccc%13c(-c%13ccc%14sc%15ccccc%15c%14c%13)c%13ccccc%12%13)cc%11oc9%10)c8)ccc7c6c5)c5ccccc45)cc3oc21. The molecule has 4 heteroatoms. The van der Waals surface area contributed by atoms with Gasteiger partial charge in [-0.05, 0) is 200 Å². The number of rotatable bonds is 5. The molecule has 0 N–H and O–H groups in total. The molecule has 4 heterocycles.